The van der Waals surface area contributed by atoms with Crippen molar-refractivity contribution in [3.8, 4) is 0 Å². The molecule has 0 spiro atoms. The maximum atomic E-state index is 5.57. The molecule has 90 valence electrons. The Labute approximate surface area is 103 Å². The molecule has 0 unspecified atom stereocenters. The lowest BCUT2D eigenvalue weighted by Crippen LogP contribution is -2.02. The molecule has 0 bridgehead atoms. The molecule has 0 fully saturated rings. The Morgan fingerprint density at radius 3 is 2.76 bits per heavy atom. The average Bonchev–Trinajstić information content (AvgIpc) is 2.35. The van der Waals surface area contributed by atoms with Crippen LogP contribution in [0.1, 0.15) is 37.4 Å². The van der Waals surface area contributed by atoms with Crippen molar-refractivity contribution in [3.63, 3.8) is 0 Å². The van der Waals surface area contributed by atoms with Crippen LogP contribution in [0.15, 0.2) is 30.5 Å². The Balaban J connectivity index is 2.48. The van der Waals surface area contributed by atoms with Gasteiger partial charge in [-0.2, -0.15) is 0 Å². The van der Waals surface area contributed by atoms with Gasteiger partial charge in [-0.25, -0.2) is 0 Å². The predicted octanol–water partition coefficient (Wildman–Crippen LogP) is 3.25. The highest BCUT2D eigenvalue weighted by atomic mass is 14.7. The molecule has 0 amide bonds. The van der Waals surface area contributed by atoms with Crippen molar-refractivity contribution in [2.75, 3.05) is 6.54 Å². The number of pyridine rings is 1. The van der Waals surface area contributed by atoms with Gasteiger partial charge in [-0.05, 0) is 48.4 Å². The zero-order valence-electron chi connectivity index (χ0n) is 10.6. The molecule has 2 N–H and O–H groups in total. The molecule has 2 rings (SSSR count). The summed E-state index contributed by atoms with van der Waals surface area (Å²) in [6.45, 7) is 5.16. The Kier molecular flexibility index (Phi) is 3.75. The zero-order valence-corrected chi connectivity index (χ0v) is 10.6. The third-order valence-electron chi connectivity index (χ3n) is 3.16. The van der Waals surface area contributed by atoms with E-state index in [0.717, 1.165) is 19.4 Å². The standard InChI is InChI=1S/C15H20N2/c1-11(2)13-6-5-12-7-9-17-15(4-3-8-16)14(12)10-13/h5-7,9-11H,3-4,8,16H2,1-2H3. The molecule has 17 heavy (non-hydrogen) atoms. The van der Waals surface area contributed by atoms with E-state index in [1.165, 1.54) is 22.0 Å². The minimum atomic E-state index is 0.557. The Bertz CT molecular complexity index is 503. The van der Waals surface area contributed by atoms with Gasteiger partial charge in [0, 0.05) is 17.3 Å². The van der Waals surface area contributed by atoms with Gasteiger partial charge in [0.15, 0.2) is 0 Å². The van der Waals surface area contributed by atoms with Crippen molar-refractivity contribution in [1.82, 2.24) is 4.98 Å². The fourth-order valence-corrected chi connectivity index (χ4v) is 2.07. The van der Waals surface area contributed by atoms with E-state index >= 15 is 0 Å². The normalized spacial score (nSPS) is 11.3. The summed E-state index contributed by atoms with van der Waals surface area (Å²) < 4.78 is 0. The summed E-state index contributed by atoms with van der Waals surface area (Å²) in [5.74, 6) is 0.557. The van der Waals surface area contributed by atoms with Crippen LogP contribution in [0.2, 0.25) is 0 Å². The molecule has 0 saturated carbocycles. The van der Waals surface area contributed by atoms with E-state index in [0.29, 0.717) is 5.92 Å². The van der Waals surface area contributed by atoms with Gasteiger partial charge in [0.1, 0.15) is 0 Å². The maximum absolute atomic E-state index is 5.57. The highest BCUT2D eigenvalue weighted by Gasteiger charge is 2.05. The van der Waals surface area contributed by atoms with Crippen LogP contribution in [-0.4, -0.2) is 11.5 Å². The number of hydrogen-bond donors (Lipinski definition) is 1. The summed E-state index contributed by atoms with van der Waals surface area (Å²) in [7, 11) is 0. The number of aromatic nitrogens is 1. The molecule has 1 aromatic heterocycles. The van der Waals surface area contributed by atoms with Crippen molar-refractivity contribution in [2.45, 2.75) is 32.6 Å². The zero-order chi connectivity index (χ0) is 12.3. The highest BCUT2D eigenvalue weighted by Crippen LogP contribution is 2.23. The molecule has 0 aliphatic rings. The van der Waals surface area contributed by atoms with E-state index < -0.39 is 0 Å². The monoisotopic (exact) mass is 228 g/mol. The van der Waals surface area contributed by atoms with Gasteiger partial charge < -0.3 is 5.73 Å². The van der Waals surface area contributed by atoms with Gasteiger partial charge in [0.2, 0.25) is 0 Å². The summed E-state index contributed by atoms with van der Waals surface area (Å²) in [5, 5.41) is 2.56. The molecule has 1 heterocycles. The van der Waals surface area contributed by atoms with Crippen molar-refractivity contribution in [1.29, 1.82) is 0 Å². The molecule has 0 aliphatic heterocycles. The summed E-state index contributed by atoms with van der Waals surface area (Å²) >= 11 is 0. The second kappa shape index (κ2) is 5.28. The number of rotatable bonds is 4. The van der Waals surface area contributed by atoms with E-state index in [4.69, 9.17) is 5.73 Å². The molecule has 2 heteroatoms. The van der Waals surface area contributed by atoms with Crippen molar-refractivity contribution in [3.05, 3.63) is 41.7 Å². The van der Waals surface area contributed by atoms with Crippen LogP contribution < -0.4 is 5.73 Å². The fraction of sp³-hybridized carbons (Fsp3) is 0.400. The van der Waals surface area contributed by atoms with Crippen LogP contribution in [0.25, 0.3) is 10.8 Å². The number of nitrogens with two attached hydrogens (primary N) is 1. The number of fused-ring (bicyclic) bond motifs is 1. The van der Waals surface area contributed by atoms with Gasteiger partial charge in [-0.3, -0.25) is 4.98 Å². The number of aryl methyl sites for hydroxylation is 1. The van der Waals surface area contributed by atoms with Crippen molar-refractivity contribution in [2.24, 2.45) is 5.73 Å². The van der Waals surface area contributed by atoms with E-state index in [-0.39, 0.29) is 0 Å². The van der Waals surface area contributed by atoms with Crippen LogP contribution in [0.5, 0.6) is 0 Å². The minimum absolute atomic E-state index is 0.557. The maximum Gasteiger partial charge on any atom is 0.0482 e. The second-order valence-corrected chi connectivity index (χ2v) is 4.79. The molecule has 0 atom stereocenters. The molecule has 0 aliphatic carbocycles. The number of nitrogens with zero attached hydrogens (tertiary/aromatic N) is 1. The Morgan fingerprint density at radius 1 is 1.24 bits per heavy atom. The summed E-state index contributed by atoms with van der Waals surface area (Å²) in [4.78, 5) is 4.49. The third kappa shape index (κ3) is 2.64. The Morgan fingerprint density at radius 2 is 2.06 bits per heavy atom. The van der Waals surface area contributed by atoms with E-state index in [9.17, 15) is 0 Å². The van der Waals surface area contributed by atoms with Crippen molar-refractivity contribution < 1.29 is 0 Å². The lowest BCUT2D eigenvalue weighted by atomic mass is 9.98. The van der Waals surface area contributed by atoms with E-state index in [1.807, 2.05) is 6.20 Å². The molecule has 1 aromatic carbocycles. The van der Waals surface area contributed by atoms with Gasteiger partial charge >= 0.3 is 0 Å². The van der Waals surface area contributed by atoms with Gasteiger partial charge in [-0.1, -0.05) is 26.0 Å². The van der Waals surface area contributed by atoms with Crippen LogP contribution in [0, 0.1) is 0 Å². The summed E-state index contributed by atoms with van der Waals surface area (Å²) in [6, 6.07) is 8.75. The third-order valence-corrected chi connectivity index (χ3v) is 3.16. The van der Waals surface area contributed by atoms with Crippen LogP contribution in [-0.2, 0) is 6.42 Å². The first-order chi connectivity index (χ1) is 8.22. The first kappa shape index (κ1) is 12.1. The SMILES string of the molecule is CC(C)c1ccc2ccnc(CCCN)c2c1. The topological polar surface area (TPSA) is 38.9 Å². The molecule has 2 nitrogen and oxygen atoms in total. The molecular weight excluding hydrogens is 208 g/mol. The highest BCUT2D eigenvalue weighted by molar-refractivity contribution is 5.85. The summed E-state index contributed by atoms with van der Waals surface area (Å²) in [6.07, 6.45) is 3.86. The van der Waals surface area contributed by atoms with Crippen LogP contribution in [0.3, 0.4) is 0 Å². The average molecular weight is 228 g/mol. The fourth-order valence-electron chi connectivity index (χ4n) is 2.07. The largest absolute Gasteiger partial charge is 0.330 e. The van der Waals surface area contributed by atoms with E-state index in [2.05, 4.69) is 43.1 Å². The minimum Gasteiger partial charge on any atom is -0.330 e. The van der Waals surface area contributed by atoms with Crippen molar-refractivity contribution >= 4 is 10.8 Å². The molecule has 0 radical (unpaired) electrons. The van der Waals surface area contributed by atoms with Crippen LogP contribution >= 0.6 is 0 Å². The predicted molar refractivity (Wildman–Crippen MR) is 73.2 cm³/mol. The van der Waals surface area contributed by atoms with E-state index in [1.54, 1.807) is 0 Å². The smallest absolute Gasteiger partial charge is 0.0482 e. The lowest BCUT2D eigenvalue weighted by molar-refractivity contribution is 0.816. The second-order valence-electron chi connectivity index (χ2n) is 4.79. The summed E-state index contributed by atoms with van der Waals surface area (Å²) in [5.41, 5.74) is 8.12. The number of hydrogen-bond acceptors (Lipinski definition) is 2. The van der Waals surface area contributed by atoms with Crippen LogP contribution in [0.4, 0.5) is 0 Å². The number of benzene rings is 1. The first-order valence-corrected chi connectivity index (χ1v) is 6.30. The first-order valence-electron chi connectivity index (χ1n) is 6.30. The Hall–Kier alpha value is -1.41. The van der Waals surface area contributed by atoms with Gasteiger partial charge in [-0.15, -0.1) is 0 Å². The lowest BCUT2D eigenvalue weighted by Gasteiger charge is -2.09. The van der Waals surface area contributed by atoms with Gasteiger partial charge in [0.05, 0.1) is 0 Å². The molecular formula is C15H20N2. The molecule has 0 saturated heterocycles. The quantitative estimate of drug-likeness (QED) is 0.872. The van der Waals surface area contributed by atoms with Gasteiger partial charge in [0.25, 0.3) is 0 Å². The molecule has 2 aromatic rings.